The fraction of sp³-hybridized carbons (Fsp3) is 0.520. The van der Waals surface area contributed by atoms with Crippen LogP contribution < -0.4 is 9.80 Å². The molecule has 0 unspecified atom stereocenters. The fourth-order valence-electron chi connectivity index (χ4n) is 2.80. The van der Waals surface area contributed by atoms with Crippen LogP contribution in [0, 0.1) is 13.8 Å². The minimum atomic E-state index is 1.15. The van der Waals surface area contributed by atoms with Crippen molar-refractivity contribution in [1.82, 2.24) is 4.90 Å². The van der Waals surface area contributed by atoms with Gasteiger partial charge >= 0.3 is 0 Å². The zero-order chi connectivity index (χ0) is 21.5. The Labute approximate surface area is 175 Å². The van der Waals surface area contributed by atoms with Crippen molar-refractivity contribution in [3.05, 3.63) is 59.7 Å². The zero-order valence-electron chi connectivity index (χ0n) is 19.8. The van der Waals surface area contributed by atoms with E-state index in [-0.39, 0.29) is 0 Å². The lowest BCUT2D eigenvalue weighted by atomic mass is 10.2. The van der Waals surface area contributed by atoms with E-state index < -0.39 is 0 Å². The molecule has 0 saturated carbocycles. The summed E-state index contributed by atoms with van der Waals surface area (Å²) in [6, 6.07) is 17.2. The molecule has 1 heterocycles. The quantitative estimate of drug-likeness (QED) is 0.641. The van der Waals surface area contributed by atoms with E-state index in [1.54, 1.807) is 0 Å². The van der Waals surface area contributed by atoms with Gasteiger partial charge in [0.2, 0.25) is 0 Å². The van der Waals surface area contributed by atoms with E-state index >= 15 is 0 Å². The van der Waals surface area contributed by atoms with Gasteiger partial charge in [-0.3, -0.25) is 0 Å². The van der Waals surface area contributed by atoms with E-state index in [1.165, 1.54) is 35.6 Å². The Bertz CT molecular complexity index is 629. The molecule has 0 radical (unpaired) electrons. The summed E-state index contributed by atoms with van der Waals surface area (Å²) >= 11 is 0. The van der Waals surface area contributed by atoms with Crippen LogP contribution in [0.1, 0.15) is 38.8 Å². The summed E-state index contributed by atoms with van der Waals surface area (Å²) in [5.41, 5.74) is 5.30. The molecule has 2 aromatic carbocycles. The van der Waals surface area contributed by atoms with Gasteiger partial charge < -0.3 is 14.7 Å². The van der Waals surface area contributed by atoms with Gasteiger partial charge in [-0.15, -0.1) is 0 Å². The van der Waals surface area contributed by atoms with E-state index in [0.29, 0.717) is 0 Å². The molecule has 3 rings (SSSR count). The number of hydrogen-bond donors (Lipinski definition) is 0. The predicted molar refractivity (Wildman–Crippen MR) is 129 cm³/mol. The number of likely N-dealkylation sites (N-methyl/N-ethyl adjacent to an activating group) is 1. The first kappa shape index (κ1) is 26.0. The predicted octanol–water partition coefficient (Wildman–Crippen LogP) is 5.86. The van der Waals surface area contributed by atoms with Crippen molar-refractivity contribution >= 4 is 11.4 Å². The van der Waals surface area contributed by atoms with Gasteiger partial charge in [-0.05, 0) is 56.3 Å². The second-order valence-electron chi connectivity index (χ2n) is 6.86. The van der Waals surface area contributed by atoms with Gasteiger partial charge in [0.15, 0.2) is 0 Å². The minimum absolute atomic E-state index is 1.15. The van der Waals surface area contributed by atoms with Gasteiger partial charge in [-0.1, -0.05) is 52.0 Å². The van der Waals surface area contributed by atoms with Crippen LogP contribution in [-0.4, -0.2) is 52.2 Å². The Morgan fingerprint density at radius 1 is 0.714 bits per heavy atom. The van der Waals surface area contributed by atoms with Crippen molar-refractivity contribution in [2.75, 3.05) is 57.1 Å². The molecule has 0 amide bonds. The maximum Gasteiger partial charge on any atom is 0.0369 e. The molecular weight excluding hydrogens is 342 g/mol. The second-order valence-corrected chi connectivity index (χ2v) is 6.86. The Hall–Kier alpha value is -2.00. The van der Waals surface area contributed by atoms with Gasteiger partial charge in [0.1, 0.15) is 0 Å². The first-order chi connectivity index (χ1) is 13.5. The average Bonchev–Trinajstić information content (AvgIpc) is 2.72. The van der Waals surface area contributed by atoms with Crippen LogP contribution in [0.4, 0.5) is 11.4 Å². The Morgan fingerprint density at radius 2 is 1.21 bits per heavy atom. The highest BCUT2D eigenvalue weighted by Gasteiger charge is 2.13. The third-order valence-corrected chi connectivity index (χ3v) is 4.39. The van der Waals surface area contributed by atoms with Crippen LogP contribution in [0.25, 0.3) is 0 Å². The summed E-state index contributed by atoms with van der Waals surface area (Å²) in [7, 11) is 6.29. The molecule has 0 atom stereocenters. The summed E-state index contributed by atoms with van der Waals surface area (Å²) in [6.07, 6.45) is 0. The molecule has 3 nitrogen and oxygen atoms in total. The Morgan fingerprint density at radius 3 is 1.64 bits per heavy atom. The highest BCUT2D eigenvalue weighted by Crippen LogP contribution is 2.17. The molecule has 2 aromatic rings. The van der Waals surface area contributed by atoms with Crippen LogP contribution in [-0.2, 0) is 0 Å². The third-order valence-electron chi connectivity index (χ3n) is 4.39. The van der Waals surface area contributed by atoms with E-state index in [0.717, 1.165) is 13.1 Å². The number of hydrogen-bond acceptors (Lipinski definition) is 3. The van der Waals surface area contributed by atoms with Crippen molar-refractivity contribution in [1.29, 1.82) is 0 Å². The molecule has 0 N–H and O–H groups in total. The highest BCUT2D eigenvalue weighted by atomic mass is 15.2. The minimum Gasteiger partial charge on any atom is -0.378 e. The smallest absolute Gasteiger partial charge is 0.0369 e. The van der Waals surface area contributed by atoms with Crippen LogP contribution in [0.5, 0.6) is 0 Å². The lowest BCUT2D eigenvalue weighted by Gasteiger charge is -2.34. The fourth-order valence-corrected chi connectivity index (χ4v) is 2.80. The number of aryl methyl sites for hydroxylation is 2. The summed E-state index contributed by atoms with van der Waals surface area (Å²) in [4.78, 5) is 6.95. The lowest BCUT2D eigenvalue weighted by molar-refractivity contribution is 0.313. The Kier molecular flexibility index (Phi) is 13.9. The molecule has 158 valence electrons. The molecule has 0 aliphatic carbocycles. The van der Waals surface area contributed by atoms with Crippen LogP contribution in [0.15, 0.2) is 48.5 Å². The van der Waals surface area contributed by atoms with E-state index in [4.69, 9.17) is 0 Å². The van der Waals surface area contributed by atoms with Gasteiger partial charge in [0.05, 0.1) is 0 Å². The van der Waals surface area contributed by atoms with Crippen molar-refractivity contribution in [3.8, 4) is 0 Å². The average molecular weight is 386 g/mol. The van der Waals surface area contributed by atoms with Crippen molar-refractivity contribution in [3.63, 3.8) is 0 Å². The van der Waals surface area contributed by atoms with Gasteiger partial charge in [-0.2, -0.15) is 0 Å². The number of piperazine rings is 1. The van der Waals surface area contributed by atoms with Crippen LogP contribution in [0.2, 0.25) is 0 Å². The lowest BCUT2D eigenvalue weighted by Crippen LogP contribution is -2.44. The summed E-state index contributed by atoms with van der Waals surface area (Å²) in [5.74, 6) is 0. The molecule has 1 aliphatic heterocycles. The van der Waals surface area contributed by atoms with Crippen LogP contribution in [0.3, 0.4) is 0 Å². The molecule has 1 saturated heterocycles. The third kappa shape index (κ3) is 9.80. The Balaban J connectivity index is 0.000000460. The monoisotopic (exact) mass is 385 g/mol. The number of rotatable bonds is 2. The topological polar surface area (TPSA) is 9.72 Å². The van der Waals surface area contributed by atoms with Crippen molar-refractivity contribution in [2.24, 2.45) is 0 Å². The zero-order valence-corrected chi connectivity index (χ0v) is 19.8. The van der Waals surface area contributed by atoms with Crippen molar-refractivity contribution < 1.29 is 0 Å². The SMILES string of the molecule is CC.CC.Cc1cccc(N(C)C)c1.Cc1cccc(N2CCN(C)CC2)c1. The van der Waals surface area contributed by atoms with Crippen LogP contribution >= 0.6 is 0 Å². The second kappa shape index (κ2) is 15.0. The first-order valence-corrected chi connectivity index (χ1v) is 10.7. The molecule has 0 spiro atoms. The van der Waals surface area contributed by atoms with Gasteiger partial charge in [0, 0.05) is 51.6 Å². The molecule has 3 heteroatoms. The first-order valence-electron chi connectivity index (χ1n) is 10.7. The van der Waals surface area contributed by atoms with Gasteiger partial charge in [0.25, 0.3) is 0 Å². The molecular formula is C25H43N3. The van der Waals surface area contributed by atoms with E-state index in [1.807, 2.05) is 27.7 Å². The van der Waals surface area contributed by atoms with Gasteiger partial charge in [-0.25, -0.2) is 0 Å². The van der Waals surface area contributed by atoms with E-state index in [2.05, 4.69) is 98.2 Å². The van der Waals surface area contributed by atoms with E-state index in [9.17, 15) is 0 Å². The largest absolute Gasteiger partial charge is 0.378 e. The summed E-state index contributed by atoms with van der Waals surface area (Å²) in [5, 5.41) is 0. The molecule has 1 fully saturated rings. The maximum atomic E-state index is 2.47. The maximum absolute atomic E-state index is 2.47. The van der Waals surface area contributed by atoms with Crippen molar-refractivity contribution in [2.45, 2.75) is 41.5 Å². The number of anilines is 2. The number of nitrogens with zero attached hydrogens (tertiary/aromatic N) is 3. The normalized spacial score (nSPS) is 13.1. The molecule has 0 bridgehead atoms. The molecule has 1 aliphatic rings. The highest BCUT2D eigenvalue weighted by molar-refractivity contribution is 5.49. The molecule has 0 aromatic heterocycles. The summed E-state index contributed by atoms with van der Waals surface area (Å²) < 4.78 is 0. The molecule has 28 heavy (non-hydrogen) atoms. The number of benzene rings is 2. The standard InChI is InChI=1S/C12H18N2.C9H13N.2C2H6/c1-11-4-3-5-12(10-11)14-8-6-13(2)7-9-14;1-8-5-4-6-9(7-8)10(2)3;2*1-2/h3-5,10H,6-9H2,1-2H3;4-7H,1-3H3;2*1-2H3. The summed E-state index contributed by atoms with van der Waals surface area (Å²) in [6.45, 7) is 16.9.